The third kappa shape index (κ3) is 5.16. The Morgan fingerprint density at radius 1 is 1.18 bits per heavy atom. The first-order chi connectivity index (χ1) is 13.7. The van der Waals surface area contributed by atoms with Crippen LogP contribution in [0.4, 0.5) is 4.39 Å². The molecule has 2 saturated carbocycles. The molecule has 0 aliphatic heterocycles. The molecule has 0 heterocycles. The van der Waals surface area contributed by atoms with Crippen LogP contribution in [0, 0.1) is 34.4 Å². The molecule has 0 atom stereocenters. The summed E-state index contributed by atoms with van der Waals surface area (Å²) in [4.78, 5) is 0. The molecule has 2 aliphatic carbocycles. The van der Waals surface area contributed by atoms with E-state index in [9.17, 15) is 4.39 Å². The highest BCUT2D eigenvalue weighted by Crippen LogP contribution is 2.51. The summed E-state index contributed by atoms with van der Waals surface area (Å²) in [5, 5.41) is 8.77. The summed E-state index contributed by atoms with van der Waals surface area (Å²) in [5.74, 6) is 1.53. The van der Waals surface area contributed by atoms with Crippen molar-refractivity contribution in [2.75, 3.05) is 6.61 Å². The molecule has 1 aromatic rings. The minimum atomic E-state index is -0.522. The number of halogens is 1. The minimum Gasteiger partial charge on any atom is -0.489 e. The number of hydrogen-bond donors (Lipinski definition) is 0. The summed E-state index contributed by atoms with van der Waals surface area (Å²) in [6.07, 6.45) is 19.7. The van der Waals surface area contributed by atoms with Crippen molar-refractivity contribution >= 4 is 0 Å². The van der Waals surface area contributed by atoms with Crippen molar-refractivity contribution in [2.45, 2.75) is 77.6 Å². The van der Waals surface area contributed by atoms with E-state index in [4.69, 9.17) is 10.00 Å². The van der Waals surface area contributed by atoms with Crippen LogP contribution >= 0.6 is 0 Å². The Balaban J connectivity index is 1.45. The summed E-state index contributed by atoms with van der Waals surface area (Å²) in [6.45, 7) is 2.80. The third-order valence-electron chi connectivity index (χ3n) is 7.05. The quantitative estimate of drug-likeness (QED) is 0.467. The number of ether oxygens (including phenoxy) is 1. The Bertz CT molecular complexity index is 685. The van der Waals surface area contributed by atoms with Gasteiger partial charge in [0, 0.05) is 6.07 Å². The number of benzene rings is 1. The highest BCUT2D eigenvalue weighted by Gasteiger charge is 2.39. The maximum absolute atomic E-state index is 13.6. The average Bonchev–Trinajstić information content (AvgIpc) is 2.73. The lowest BCUT2D eigenvalue weighted by Gasteiger charge is -2.46. The number of hydrogen-bond acceptors (Lipinski definition) is 2. The Morgan fingerprint density at radius 3 is 2.57 bits per heavy atom. The lowest BCUT2D eigenvalue weighted by atomic mass is 9.59. The van der Waals surface area contributed by atoms with E-state index in [0.29, 0.717) is 23.7 Å². The molecule has 28 heavy (non-hydrogen) atoms. The molecule has 0 N–H and O–H groups in total. The fourth-order valence-corrected chi connectivity index (χ4v) is 5.61. The smallest absolute Gasteiger partial charge is 0.144 e. The van der Waals surface area contributed by atoms with Crippen LogP contribution in [-0.2, 0) is 0 Å². The SMILES string of the molecule is CCCC1([C@H]2CC[C@H](/C=C/COc3ccc(C#N)c(F)c3)CC2)CCCCC1. The van der Waals surface area contributed by atoms with Crippen LogP contribution in [0.15, 0.2) is 30.4 Å². The molecule has 0 radical (unpaired) electrons. The van der Waals surface area contributed by atoms with Crippen LogP contribution in [0.5, 0.6) is 5.75 Å². The largest absolute Gasteiger partial charge is 0.489 e. The second-order valence-electron chi connectivity index (χ2n) is 8.78. The molecule has 0 unspecified atom stereocenters. The first kappa shape index (κ1) is 20.9. The molecule has 1 aromatic carbocycles. The van der Waals surface area contributed by atoms with E-state index in [-0.39, 0.29) is 5.56 Å². The van der Waals surface area contributed by atoms with Gasteiger partial charge in [0.2, 0.25) is 0 Å². The predicted molar refractivity (Wildman–Crippen MR) is 112 cm³/mol. The third-order valence-corrected chi connectivity index (χ3v) is 7.05. The molecular weight excluding hydrogens is 349 g/mol. The molecule has 3 heteroatoms. The van der Waals surface area contributed by atoms with Gasteiger partial charge >= 0.3 is 0 Å². The van der Waals surface area contributed by atoms with Gasteiger partial charge in [-0.3, -0.25) is 0 Å². The van der Waals surface area contributed by atoms with Crippen molar-refractivity contribution in [3.05, 3.63) is 41.7 Å². The van der Waals surface area contributed by atoms with Crippen molar-refractivity contribution in [2.24, 2.45) is 17.3 Å². The summed E-state index contributed by atoms with van der Waals surface area (Å²) < 4.78 is 19.2. The number of allylic oxidation sites excluding steroid dienone is 1. The molecule has 0 aromatic heterocycles. The van der Waals surface area contributed by atoms with E-state index in [0.717, 1.165) is 5.92 Å². The van der Waals surface area contributed by atoms with E-state index in [1.165, 1.54) is 82.8 Å². The zero-order valence-corrected chi connectivity index (χ0v) is 17.3. The van der Waals surface area contributed by atoms with Crippen LogP contribution in [0.3, 0.4) is 0 Å². The van der Waals surface area contributed by atoms with Crippen LogP contribution in [0.2, 0.25) is 0 Å². The second-order valence-corrected chi connectivity index (χ2v) is 8.78. The van der Waals surface area contributed by atoms with Crippen molar-refractivity contribution < 1.29 is 9.13 Å². The average molecular weight is 384 g/mol. The second kappa shape index (κ2) is 10.1. The summed E-state index contributed by atoms with van der Waals surface area (Å²) >= 11 is 0. The van der Waals surface area contributed by atoms with Gasteiger partial charge < -0.3 is 4.74 Å². The van der Waals surface area contributed by atoms with Crippen molar-refractivity contribution in [1.29, 1.82) is 5.26 Å². The molecule has 0 saturated heterocycles. The maximum atomic E-state index is 13.6. The Hall–Kier alpha value is -1.82. The number of nitrogens with zero attached hydrogens (tertiary/aromatic N) is 1. The number of rotatable bonds is 7. The van der Waals surface area contributed by atoms with Crippen LogP contribution in [0.1, 0.15) is 83.1 Å². The van der Waals surface area contributed by atoms with Gasteiger partial charge in [-0.1, -0.05) is 44.8 Å². The van der Waals surface area contributed by atoms with Gasteiger partial charge in [0.1, 0.15) is 24.2 Å². The van der Waals surface area contributed by atoms with E-state index >= 15 is 0 Å². The van der Waals surface area contributed by atoms with Gasteiger partial charge in [0.05, 0.1) is 5.56 Å². The fourth-order valence-electron chi connectivity index (χ4n) is 5.61. The topological polar surface area (TPSA) is 33.0 Å². The zero-order valence-electron chi connectivity index (χ0n) is 17.3. The Morgan fingerprint density at radius 2 is 1.93 bits per heavy atom. The number of nitriles is 1. The van der Waals surface area contributed by atoms with E-state index in [2.05, 4.69) is 19.1 Å². The molecule has 2 fully saturated rings. The first-order valence-electron chi connectivity index (χ1n) is 11.2. The monoisotopic (exact) mass is 383 g/mol. The highest BCUT2D eigenvalue weighted by atomic mass is 19.1. The van der Waals surface area contributed by atoms with Gasteiger partial charge in [-0.15, -0.1) is 0 Å². The van der Waals surface area contributed by atoms with Gasteiger partial charge in [-0.2, -0.15) is 5.26 Å². The molecule has 2 aliphatic rings. The standard InChI is InChI=1S/C25H34FNO/c1-2-14-25(15-4-3-5-16-25)22-11-8-20(9-12-22)7-6-17-28-23-13-10-21(19-27)24(26)18-23/h6-7,10,13,18,20,22H,2-5,8-9,11-12,14-17H2,1H3/b7-6+/t20-,22-. The molecule has 2 nitrogen and oxygen atoms in total. The van der Waals surface area contributed by atoms with Crippen LogP contribution in [0.25, 0.3) is 0 Å². The van der Waals surface area contributed by atoms with Crippen LogP contribution < -0.4 is 4.74 Å². The van der Waals surface area contributed by atoms with Crippen molar-refractivity contribution in [1.82, 2.24) is 0 Å². The minimum absolute atomic E-state index is 0.0541. The Labute approximate surface area is 169 Å². The maximum Gasteiger partial charge on any atom is 0.144 e. The van der Waals surface area contributed by atoms with Crippen LogP contribution in [-0.4, -0.2) is 6.61 Å². The molecule has 0 amide bonds. The molecule has 0 spiro atoms. The summed E-state index contributed by atoms with van der Waals surface area (Å²) in [5.41, 5.74) is 0.697. The first-order valence-corrected chi connectivity index (χ1v) is 11.2. The summed E-state index contributed by atoms with van der Waals surface area (Å²) in [7, 11) is 0. The van der Waals surface area contributed by atoms with E-state index < -0.39 is 5.82 Å². The lowest BCUT2D eigenvalue weighted by molar-refractivity contribution is 0.0501. The summed E-state index contributed by atoms with van der Waals surface area (Å²) in [6, 6.07) is 6.23. The van der Waals surface area contributed by atoms with Gasteiger partial charge in [-0.25, -0.2) is 4.39 Å². The molecule has 0 bridgehead atoms. The van der Waals surface area contributed by atoms with E-state index in [1.807, 2.05) is 6.07 Å². The van der Waals surface area contributed by atoms with Gasteiger partial charge in [0.25, 0.3) is 0 Å². The highest BCUT2D eigenvalue weighted by molar-refractivity contribution is 5.36. The van der Waals surface area contributed by atoms with Gasteiger partial charge in [0.15, 0.2) is 0 Å². The predicted octanol–water partition coefficient (Wildman–Crippen LogP) is 7.19. The van der Waals surface area contributed by atoms with E-state index in [1.54, 1.807) is 6.07 Å². The normalized spacial score (nSPS) is 24.8. The van der Waals surface area contributed by atoms with Crippen molar-refractivity contribution in [3.63, 3.8) is 0 Å². The zero-order chi connectivity index (χ0) is 19.8. The molecule has 152 valence electrons. The lowest BCUT2D eigenvalue weighted by Crippen LogP contribution is -2.35. The Kier molecular flexibility index (Phi) is 7.54. The fraction of sp³-hybridized carbons (Fsp3) is 0.640. The van der Waals surface area contributed by atoms with Gasteiger partial charge in [-0.05, 0) is 74.3 Å². The van der Waals surface area contributed by atoms with Crippen molar-refractivity contribution in [3.8, 4) is 11.8 Å². The molecule has 3 rings (SSSR count). The molecular formula is C25H34FNO.